The number of carbonyl (C=O) groups is 1. The number of nitrogens with zero attached hydrogens (tertiary/aromatic N) is 3. The highest BCUT2D eigenvalue weighted by atomic mass is 16.3. The summed E-state index contributed by atoms with van der Waals surface area (Å²) in [5.74, 6) is 1.98. The van der Waals surface area contributed by atoms with E-state index in [4.69, 9.17) is 9.41 Å². The predicted octanol–water partition coefficient (Wildman–Crippen LogP) is 1.98. The lowest BCUT2D eigenvalue weighted by molar-refractivity contribution is -0.129. The molecule has 0 bridgehead atoms. The molecule has 3 rings (SSSR count). The molecule has 1 aromatic heterocycles. The average molecular weight is 376 g/mol. The molecule has 7 nitrogen and oxygen atoms in total. The molecule has 2 saturated heterocycles. The fraction of sp³-hybridized carbons (Fsp3) is 0.700. The summed E-state index contributed by atoms with van der Waals surface area (Å²) < 4.78 is 5.67. The highest BCUT2D eigenvalue weighted by Gasteiger charge is 2.25. The second-order valence-electron chi connectivity index (χ2n) is 7.26. The molecule has 7 heteroatoms. The smallest absolute Gasteiger partial charge is 0.224 e. The molecule has 27 heavy (non-hydrogen) atoms. The minimum absolute atomic E-state index is 0.171. The van der Waals surface area contributed by atoms with Crippen LogP contribution < -0.4 is 10.6 Å². The van der Waals surface area contributed by atoms with Crippen LogP contribution in [0.25, 0.3) is 0 Å². The number of hydrogen-bond donors (Lipinski definition) is 2. The summed E-state index contributed by atoms with van der Waals surface area (Å²) in [4.78, 5) is 21.4. The highest BCUT2D eigenvalue weighted by Crippen LogP contribution is 2.25. The molecule has 2 fully saturated rings. The molecular weight excluding hydrogens is 342 g/mol. The van der Waals surface area contributed by atoms with Gasteiger partial charge in [0.15, 0.2) is 5.96 Å². The maximum absolute atomic E-state index is 12.2. The van der Waals surface area contributed by atoms with E-state index in [1.807, 2.05) is 17.0 Å². The van der Waals surface area contributed by atoms with E-state index in [1.54, 1.807) is 6.26 Å². The van der Waals surface area contributed by atoms with Gasteiger partial charge in [0.05, 0.1) is 18.8 Å². The van der Waals surface area contributed by atoms with Crippen LogP contribution >= 0.6 is 0 Å². The Labute approximate surface area is 162 Å². The number of hydrogen-bond acceptors (Lipinski definition) is 4. The Hall–Kier alpha value is -2.02. The SMILES string of the molecule is CCNC(=NCC(c1ccco1)N1CCCC1)NCCC(=O)N1CCCC1. The summed E-state index contributed by atoms with van der Waals surface area (Å²) in [5.41, 5.74) is 0. The zero-order chi connectivity index (χ0) is 18.9. The van der Waals surface area contributed by atoms with E-state index >= 15 is 0 Å². The van der Waals surface area contributed by atoms with Crippen molar-refractivity contribution in [2.75, 3.05) is 45.8 Å². The number of nitrogens with one attached hydrogen (secondary N) is 2. The molecule has 0 aliphatic carbocycles. The van der Waals surface area contributed by atoms with Crippen LogP contribution in [0, 0.1) is 0 Å². The molecule has 0 radical (unpaired) electrons. The van der Waals surface area contributed by atoms with E-state index in [9.17, 15) is 4.79 Å². The van der Waals surface area contributed by atoms with Crippen LogP contribution in [0.5, 0.6) is 0 Å². The molecule has 1 unspecified atom stereocenters. The van der Waals surface area contributed by atoms with E-state index in [0.29, 0.717) is 19.5 Å². The maximum Gasteiger partial charge on any atom is 0.224 e. The molecule has 0 aromatic carbocycles. The van der Waals surface area contributed by atoms with Gasteiger partial charge < -0.3 is 20.0 Å². The molecule has 1 aromatic rings. The van der Waals surface area contributed by atoms with Crippen molar-refractivity contribution in [1.29, 1.82) is 0 Å². The predicted molar refractivity (Wildman–Crippen MR) is 107 cm³/mol. The zero-order valence-corrected chi connectivity index (χ0v) is 16.5. The van der Waals surface area contributed by atoms with Crippen LogP contribution in [-0.2, 0) is 4.79 Å². The van der Waals surface area contributed by atoms with Crippen LogP contribution in [0.2, 0.25) is 0 Å². The minimum Gasteiger partial charge on any atom is -0.468 e. The van der Waals surface area contributed by atoms with Crippen LogP contribution in [0.3, 0.4) is 0 Å². The lowest BCUT2D eigenvalue weighted by Crippen LogP contribution is -2.40. The normalized spacial score (nSPS) is 19.4. The lowest BCUT2D eigenvalue weighted by Gasteiger charge is -2.24. The van der Waals surface area contributed by atoms with Gasteiger partial charge in [-0.05, 0) is 57.8 Å². The summed E-state index contributed by atoms with van der Waals surface area (Å²) in [6.07, 6.45) is 6.98. The summed E-state index contributed by atoms with van der Waals surface area (Å²) in [5, 5.41) is 6.59. The number of rotatable bonds is 8. The largest absolute Gasteiger partial charge is 0.468 e. The van der Waals surface area contributed by atoms with Gasteiger partial charge in [-0.1, -0.05) is 0 Å². The van der Waals surface area contributed by atoms with Crippen LogP contribution in [-0.4, -0.2) is 67.5 Å². The third kappa shape index (κ3) is 5.73. The first-order chi connectivity index (χ1) is 13.3. The van der Waals surface area contributed by atoms with Crippen molar-refractivity contribution in [2.24, 2.45) is 4.99 Å². The van der Waals surface area contributed by atoms with Crippen molar-refractivity contribution < 1.29 is 9.21 Å². The number of carbonyl (C=O) groups excluding carboxylic acids is 1. The first-order valence-electron chi connectivity index (χ1n) is 10.4. The van der Waals surface area contributed by atoms with Crippen LogP contribution in [0.4, 0.5) is 0 Å². The average Bonchev–Trinajstić information content (AvgIpc) is 3.44. The van der Waals surface area contributed by atoms with E-state index in [-0.39, 0.29) is 11.9 Å². The fourth-order valence-electron chi connectivity index (χ4n) is 3.85. The summed E-state index contributed by atoms with van der Waals surface area (Å²) in [7, 11) is 0. The van der Waals surface area contributed by atoms with Gasteiger partial charge in [0.25, 0.3) is 0 Å². The van der Waals surface area contributed by atoms with E-state index in [2.05, 4.69) is 22.5 Å². The first-order valence-corrected chi connectivity index (χ1v) is 10.4. The first kappa shape index (κ1) is 19.7. The van der Waals surface area contributed by atoms with E-state index in [1.165, 1.54) is 12.8 Å². The van der Waals surface area contributed by atoms with Gasteiger partial charge in [0.1, 0.15) is 5.76 Å². The van der Waals surface area contributed by atoms with Gasteiger partial charge in [0, 0.05) is 32.6 Å². The molecule has 2 aliphatic rings. The van der Waals surface area contributed by atoms with Gasteiger partial charge in [-0.15, -0.1) is 0 Å². The Kier molecular flexibility index (Phi) is 7.56. The Morgan fingerprint density at radius 3 is 2.59 bits per heavy atom. The molecule has 0 saturated carbocycles. The number of aliphatic imine (C=N–C) groups is 1. The van der Waals surface area contributed by atoms with Gasteiger partial charge in [-0.25, -0.2) is 0 Å². The van der Waals surface area contributed by atoms with Crippen molar-refractivity contribution in [3.63, 3.8) is 0 Å². The van der Waals surface area contributed by atoms with Crippen molar-refractivity contribution in [1.82, 2.24) is 20.4 Å². The summed E-state index contributed by atoms with van der Waals surface area (Å²) >= 11 is 0. The zero-order valence-electron chi connectivity index (χ0n) is 16.5. The van der Waals surface area contributed by atoms with E-state index < -0.39 is 0 Å². The van der Waals surface area contributed by atoms with Gasteiger partial charge >= 0.3 is 0 Å². The summed E-state index contributed by atoms with van der Waals surface area (Å²) in [6, 6.07) is 4.15. The molecule has 0 spiro atoms. The van der Waals surface area contributed by atoms with Crippen molar-refractivity contribution in [3.8, 4) is 0 Å². The van der Waals surface area contributed by atoms with E-state index in [0.717, 1.165) is 57.3 Å². The standard InChI is InChI=1S/C20H33N5O2/c1-2-21-20(22-10-9-19(26)25-13-5-6-14-25)23-16-17(18-8-7-15-27-18)24-11-3-4-12-24/h7-8,15,17H,2-6,9-14,16H2,1H3,(H2,21,22,23). The quantitative estimate of drug-likeness (QED) is 0.537. The Morgan fingerprint density at radius 2 is 1.93 bits per heavy atom. The Morgan fingerprint density at radius 1 is 1.19 bits per heavy atom. The monoisotopic (exact) mass is 375 g/mol. The Balaban J connectivity index is 1.53. The molecule has 150 valence electrons. The topological polar surface area (TPSA) is 73.1 Å². The van der Waals surface area contributed by atoms with Crippen molar-refractivity contribution >= 4 is 11.9 Å². The van der Waals surface area contributed by atoms with Gasteiger partial charge in [-0.3, -0.25) is 14.7 Å². The Bertz CT molecular complexity index is 590. The van der Waals surface area contributed by atoms with Crippen LogP contribution in [0.15, 0.2) is 27.8 Å². The number of furan rings is 1. The summed E-state index contributed by atoms with van der Waals surface area (Å²) in [6.45, 7) is 8.10. The number of guanidine groups is 1. The molecule has 3 heterocycles. The maximum atomic E-state index is 12.2. The fourth-order valence-corrected chi connectivity index (χ4v) is 3.85. The second kappa shape index (κ2) is 10.3. The lowest BCUT2D eigenvalue weighted by atomic mass is 10.2. The van der Waals surface area contributed by atoms with Gasteiger partial charge in [0.2, 0.25) is 5.91 Å². The molecule has 2 N–H and O–H groups in total. The van der Waals surface area contributed by atoms with Gasteiger partial charge in [-0.2, -0.15) is 0 Å². The third-order valence-corrected chi connectivity index (χ3v) is 5.31. The molecule has 1 atom stereocenters. The molecule has 2 aliphatic heterocycles. The van der Waals surface area contributed by atoms with Crippen molar-refractivity contribution in [3.05, 3.63) is 24.2 Å². The number of amides is 1. The third-order valence-electron chi connectivity index (χ3n) is 5.31. The van der Waals surface area contributed by atoms with Crippen LogP contribution in [0.1, 0.15) is 50.8 Å². The molecular formula is C20H33N5O2. The highest BCUT2D eigenvalue weighted by molar-refractivity contribution is 5.81. The van der Waals surface area contributed by atoms with Crippen molar-refractivity contribution in [2.45, 2.75) is 45.1 Å². The second-order valence-corrected chi connectivity index (χ2v) is 7.26. The molecule has 1 amide bonds. The minimum atomic E-state index is 0.171. The number of likely N-dealkylation sites (tertiary alicyclic amines) is 2.